The Morgan fingerprint density at radius 2 is 1.89 bits per heavy atom. The fraction of sp³-hybridized carbons (Fsp3) is 0.400. The van der Waals surface area contributed by atoms with Crippen molar-refractivity contribution >= 4 is 10.8 Å². The zero-order valence-electron chi connectivity index (χ0n) is 11.7. The lowest BCUT2D eigenvalue weighted by molar-refractivity contribution is 0.356. The van der Waals surface area contributed by atoms with Gasteiger partial charge in [0, 0.05) is 17.3 Å². The molecular formula is C15H20N2O2. The number of nitrogens with zero attached hydrogens (tertiary/aromatic N) is 1. The van der Waals surface area contributed by atoms with Crippen molar-refractivity contribution < 1.29 is 9.47 Å². The van der Waals surface area contributed by atoms with E-state index in [0.29, 0.717) is 0 Å². The van der Waals surface area contributed by atoms with E-state index >= 15 is 0 Å². The Labute approximate surface area is 113 Å². The number of hydrogen-bond acceptors (Lipinski definition) is 4. The second-order valence-corrected chi connectivity index (χ2v) is 4.39. The van der Waals surface area contributed by atoms with Gasteiger partial charge in [-0.25, -0.2) is 0 Å². The Hall–Kier alpha value is -1.81. The molecule has 1 heterocycles. The van der Waals surface area contributed by atoms with Gasteiger partial charge in [-0.1, -0.05) is 0 Å². The van der Waals surface area contributed by atoms with Gasteiger partial charge < -0.3 is 14.8 Å². The van der Waals surface area contributed by atoms with Crippen LogP contribution in [0.15, 0.2) is 24.4 Å². The van der Waals surface area contributed by atoms with E-state index in [0.717, 1.165) is 47.4 Å². The van der Waals surface area contributed by atoms with Gasteiger partial charge in [0.1, 0.15) is 0 Å². The Morgan fingerprint density at radius 1 is 1.16 bits per heavy atom. The highest BCUT2D eigenvalue weighted by Gasteiger charge is 2.09. The van der Waals surface area contributed by atoms with Crippen molar-refractivity contribution in [2.75, 3.05) is 27.8 Å². The van der Waals surface area contributed by atoms with Gasteiger partial charge >= 0.3 is 0 Å². The van der Waals surface area contributed by atoms with Crippen LogP contribution in [0.4, 0.5) is 0 Å². The third-order valence-electron chi connectivity index (χ3n) is 3.19. The number of nitrogens with one attached hydrogen (secondary N) is 1. The number of benzene rings is 1. The van der Waals surface area contributed by atoms with E-state index in [9.17, 15) is 0 Å². The van der Waals surface area contributed by atoms with E-state index in [1.165, 1.54) is 0 Å². The molecule has 102 valence electrons. The number of pyridine rings is 1. The summed E-state index contributed by atoms with van der Waals surface area (Å²) in [6.45, 7) is 0.991. The van der Waals surface area contributed by atoms with Crippen molar-refractivity contribution in [1.29, 1.82) is 0 Å². The van der Waals surface area contributed by atoms with Crippen LogP contribution >= 0.6 is 0 Å². The molecule has 0 spiro atoms. The molecule has 0 aliphatic heterocycles. The summed E-state index contributed by atoms with van der Waals surface area (Å²) in [5, 5.41) is 5.42. The molecule has 0 unspecified atom stereocenters. The van der Waals surface area contributed by atoms with Crippen LogP contribution in [0.5, 0.6) is 11.5 Å². The second kappa shape index (κ2) is 6.38. The van der Waals surface area contributed by atoms with Crippen molar-refractivity contribution in [1.82, 2.24) is 10.3 Å². The quantitative estimate of drug-likeness (QED) is 0.810. The van der Waals surface area contributed by atoms with Gasteiger partial charge in [-0.15, -0.1) is 0 Å². The summed E-state index contributed by atoms with van der Waals surface area (Å²) in [5.41, 5.74) is 1.11. The molecule has 0 saturated carbocycles. The normalized spacial score (nSPS) is 10.7. The summed E-state index contributed by atoms with van der Waals surface area (Å²) in [7, 11) is 5.27. The average Bonchev–Trinajstić information content (AvgIpc) is 2.46. The predicted octanol–water partition coefficient (Wildman–Crippen LogP) is 2.40. The minimum atomic E-state index is 0.748. The fourth-order valence-electron chi connectivity index (χ4n) is 2.19. The van der Waals surface area contributed by atoms with E-state index in [1.54, 1.807) is 14.2 Å². The van der Waals surface area contributed by atoms with Crippen LogP contribution in [0, 0.1) is 0 Å². The minimum Gasteiger partial charge on any atom is -0.493 e. The Morgan fingerprint density at radius 3 is 2.58 bits per heavy atom. The molecule has 0 bridgehead atoms. The lowest BCUT2D eigenvalue weighted by atomic mass is 10.1. The zero-order valence-corrected chi connectivity index (χ0v) is 11.7. The molecule has 0 amide bonds. The van der Waals surface area contributed by atoms with Gasteiger partial charge in [0.15, 0.2) is 11.5 Å². The van der Waals surface area contributed by atoms with Gasteiger partial charge in [0.05, 0.1) is 14.2 Å². The molecule has 1 aromatic heterocycles. The maximum Gasteiger partial charge on any atom is 0.161 e. The molecule has 4 heteroatoms. The third-order valence-corrected chi connectivity index (χ3v) is 3.19. The van der Waals surface area contributed by atoms with Gasteiger partial charge in [-0.2, -0.15) is 0 Å². The van der Waals surface area contributed by atoms with Crippen LogP contribution in [0.3, 0.4) is 0 Å². The largest absolute Gasteiger partial charge is 0.493 e. The molecule has 4 nitrogen and oxygen atoms in total. The number of methoxy groups -OCH3 is 2. The smallest absolute Gasteiger partial charge is 0.161 e. The third kappa shape index (κ3) is 2.96. The molecule has 0 fully saturated rings. The molecule has 1 aromatic carbocycles. The second-order valence-electron chi connectivity index (χ2n) is 4.39. The van der Waals surface area contributed by atoms with E-state index < -0.39 is 0 Å². The highest BCUT2D eigenvalue weighted by Crippen LogP contribution is 2.33. The highest BCUT2D eigenvalue weighted by molar-refractivity contribution is 5.87. The van der Waals surface area contributed by atoms with E-state index in [1.807, 2.05) is 31.4 Å². The SMILES string of the molecule is CNCCCc1nccc2cc(OC)c(OC)cc12. The molecule has 1 N–H and O–H groups in total. The van der Waals surface area contributed by atoms with Gasteiger partial charge in [-0.05, 0) is 50.0 Å². The van der Waals surface area contributed by atoms with Crippen molar-refractivity contribution in [2.45, 2.75) is 12.8 Å². The first-order valence-electron chi connectivity index (χ1n) is 6.44. The van der Waals surface area contributed by atoms with Crippen LogP contribution in [-0.4, -0.2) is 32.8 Å². The van der Waals surface area contributed by atoms with E-state index in [-0.39, 0.29) is 0 Å². The monoisotopic (exact) mass is 260 g/mol. The van der Waals surface area contributed by atoms with Crippen LogP contribution in [0.1, 0.15) is 12.1 Å². The van der Waals surface area contributed by atoms with Gasteiger partial charge in [0.25, 0.3) is 0 Å². The van der Waals surface area contributed by atoms with E-state index in [2.05, 4.69) is 10.3 Å². The first kappa shape index (κ1) is 13.6. The maximum atomic E-state index is 5.36. The summed E-state index contributed by atoms with van der Waals surface area (Å²) in [6, 6.07) is 6.01. The first-order valence-corrected chi connectivity index (χ1v) is 6.44. The summed E-state index contributed by atoms with van der Waals surface area (Å²) in [5.74, 6) is 1.50. The molecule has 0 atom stereocenters. The van der Waals surface area contributed by atoms with Gasteiger partial charge in [-0.3, -0.25) is 4.98 Å². The molecule has 0 radical (unpaired) electrons. The Balaban J connectivity index is 2.42. The lowest BCUT2D eigenvalue weighted by Gasteiger charge is -2.11. The number of hydrogen-bond donors (Lipinski definition) is 1. The number of aromatic nitrogens is 1. The van der Waals surface area contributed by atoms with Crippen molar-refractivity contribution in [3.8, 4) is 11.5 Å². The highest BCUT2D eigenvalue weighted by atomic mass is 16.5. The predicted molar refractivity (Wildman–Crippen MR) is 77.1 cm³/mol. The first-order chi connectivity index (χ1) is 9.30. The molecule has 0 saturated heterocycles. The topological polar surface area (TPSA) is 43.4 Å². The number of ether oxygens (including phenoxy) is 2. The van der Waals surface area contributed by atoms with Crippen molar-refractivity contribution in [3.05, 3.63) is 30.1 Å². The van der Waals surface area contributed by atoms with Crippen LogP contribution < -0.4 is 14.8 Å². The average molecular weight is 260 g/mol. The van der Waals surface area contributed by atoms with E-state index in [4.69, 9.17) is 9.47 Å². The van der Waals surface area contributed by atoms with Crippen molar-refractivity contribution in [2.24, 2.45) is 0 Å². The molecule has 0 aliphatic rings. The van der Waals surface area contributed by atoms with Crippen LogP contribution in [0.25, 0.3) is 10.8 Å². The Bertz CT molecular complexity index is 555. The van der Waals surface area contributed by atoms with Crippen LogP contribution in [0.2, 0.25) is 0 Å². The number of aryl methyl sites for hydroxylation is 1. The molecule has 2 rings (SSSR count). The molecule has 2 aromatic rings. The summed E-state index contributed by atoms with van der Waals surface area (Å²) >= 11 is 0. The summed E-state index contributed by atoms with van der Waals surface area (Å²) in [6.07, 6.45) is 3.87. The standard InChI is InChI=1S/C15H20N2O2/c1-16-7-4-5-13-12-10-15(19-3)14(18-2)9-11(12)6-8-17-13/h6,8-10,16H,4-5,7H2,1-3H3. The summed E-state index contributed by atoms with van der Waals surface area (Å²) < 4.78 is 10.7. The number of rotatable bonds is 6. The minimum absolute atomic E-state index is 0.748. The summed E-state index contributed by atoms with van der Waals surface area (Å²) in [4.78, 5) is 4.49. The van der Waals surface area contributed by atoms with Crippen LogP contribution in [-0.2, 0) is 6.42 Å². The molecular weight excluding hydrogens is 240 g/mol. The lowest BCUT2D eigenvalue weighted by Crippen LogP contribution is -2.09. The molecule has 0 aliphatic carbocycles. The number of fused-ring (bicyclic) bond motifs is 1. The fourth-order valence-corrected chi connectivity index (χ4v) is 2.19. The zero-order chi connectivity index (χ0) is 13.7. The van der Waals surface area contributed by atoms with Gasteiger partial charge in [0.2, 0.25) is 0 Å². The molecule has 19 heavy (non-hydrogen) atoms. The Kier molecular flexibility index (Phi) is 4.58. The maximum absolute atomic E-state index is 5.36. The van der Waals surface area contributed by atoms with Crippen molar-refractivity contribution in [3.63, 3.8) is 0 Å².